The van der Waals surface area contributed by atoms with Gasteiger partial charge in [-0.05, 0) is 38.6 Å². The molecule has 4 atom stereocenters. The normalized spacial score (nSPS) is 18.0. The smallest absolute Gasteiger partial charge is 0.305 e. The quantitative estimate of drug-likeness (QED) is 0.114. The van der Waals surface area contributed by atoms with Gasteiger partial charge in [0.15, 0.2) is 0 Å². The van der Waals surface area contributed by atoms with Crippen LogP contribution in [-0.4, -0.2) is 94.9 Å². The topological polar surface area (TPSA) is 208 Å². The molecule has 13 heteroatoms. The highest BCUT2D eigenvalue weighted by Crippen LogP contribution is 2.18. The Hall–Kier alpha value is -3.06. The van der Waals surface area contributed by atoms with Gasteiger partial charge >= 0.3 is 5.97 Å². The first-order valence-corrected chi connectivity index (χ1v) is 10.8. The molecule has 7 N–H and O–H groups in total. The lowest BCUT2D eigenvalue weighted by Gasteiger charge is -2.28. The van der Waals surface area contributed by atoms with Crippen molar-refractivity contribution in [2.45, 2.75) is 69.6 Å². The Kier molecular flexibility index (Phi) is 12.0. The first-order chi connectivity index (χ1) is 15.6. The van der Waals surface area contributed by atoms with Crippen LogP contribution in [0.3, 0.4) is 0 Å². The van der Waals surface area contributed by atoms with Crippen LogP contribution in [0.1, 0.15) is 45.4 Å². The number of carboxylic acids is 1. The third kappa shape index (κ3) is 9.14. The van der Waals surface area contributed by atoms with Crippen LogP contribution in [0, 0.1) is 0 Å². The molecular weight excluding hydrogens is 438 g/mol. The van der Waals surface area contributed by atoms with Crippen molar-refractivity contribution in [3.8, 4) is 0 Å². The molecule has 0 aromatic heterocycles. The zero-order chi connectivity index (χ0) is 25.0. The van der Waals surface area contributed by atoms with Gasteiger partial charge in [0.05, 0.1) is 19.1 Å². The molecule has 0 saturated carbocycles. The lowest BCUT2D eigenvalue weighted by atomic mass is 10.1. The molecule has 0 unspecified atom stereocenters. The number of aliphatic hydroxyl groups is 1. The van der Waals surface area contributed by atoms with Crippen LogP contribution in [0.15, 0.2) is 0 Å². The molecule has 0 bridgehead atoms. The average Bonchev–Trinajstić information content (AvgIpc) is 3.24. The van der Waals surface area contributed by atoms with Gasteiger partial charge in [-0.15, -0.1) is 0 Å². The van der Waals surface area contributed by atoms with E-state index in [4.69, 9.17) is 10.8 Å². The highest BCUT2D eigenvalue weighted by molar-refractivity contribution is 5.96. The molecule has 4 amide bonds. The van der Waals surface area contributed by atoms with Crippen LogP contribution in [0.5, 0.6) is 0 Å². The molecule has 1 saturated heterocycles. The summed E-state index contributed by atoms with van der Waals surface area (Å²) >= 11 is 0. The van der Waals surface area contributed by atoms with E-state index < -0.39 is 66.8 Å². The number of hydrogen-bond donors (Lipinski definition) is 6. The highest BCUT2D eigenvalue weighted by Gasteiger charge is 2.35. The van der Waals surface area contributed by atoms with E-state index in [2.05, 4.69) is 16.0 Å². The van der Waals surface area contributed by atoms with Crippen molar-refractivity contribution in [3.05, 3.63) is 0 Å². The zero-order valence-corrected chi connectivity index (χ0v) is 18.6. The number of aldehydes is 1. The van der Waals surface area contributed by atoms with Gasteiger partial charge in [-0.1, -0.05) is 0 Å². The molecule has 1 aliphatic rings. The molecule has 13 nitrogen and oxygen atoms in total. The van der Waals surface area contributed by atoms with Crippen LogP contribution in [0.25, 0.3) is 0 Å². The Bertz CT molecular complexity index is 731. The number of carboxylic acid groups (broad SMARTS) is 1. The monoisotopic (exact) mass is 471 g/mol. The Labute approximate surface area is 191 Å². The summed E-state index contributed by atoms with van der Waals surface area (Å²) < 4.78 is 0. The fraction of sp³-hybridized carbons (Fsp3) is 0.700. The minimum absolute atomic E-state index is 0.211. The number of aliphatic carboxylic acids is 1. The van der Waals surface area contributed by atoms with Gasteiger partial charge in [-0.25, -0.2) is 0 Å². The van der Waals surface area contributed by atoms with E-state index in [1.165, 1.54) is 4.90 Å². The van der Waals surface area contributed by atoms with Crippen LogP contribution >= 0.6 is 0 Å². The van der Waals surface area contributed by atoms with E-state index in [9.17, 15) is 33.9 Å². The zero-order valence-electron chi connectivity index (χ0n) is 18.6. The number of aliphatic hydroxyl groups excluding tert-OH is 1. The average molecular weight is 472 g/mol. The standard InChI is InChI=1S/C20H33N5O8/c1-12(28)22-16(11-27)19(32)24-15(9-17(29)30)18(31)23-14(6-2-3-7-21)20(33)25-8-4-5-13(25)10-26/h10,13-16,27H,2-9,11,21H2,1H3,(H,22,28)(H,23,31)(H,24,32)(H,29,30)/t13-,14-,15-,16-/m0/s1. The lowest BCUT2D eigenvalue weighted by Crippen LogP contribution is -2.58. The molecule has 186 valence electrons. The first-order valence-electron chi connectivity index (χ1n) is 10.8. The minimum Gasteiger partial charge on any atom is -0.481 e. The minimum atomic E-state index is -1.57. The third-order valence-corrected chi connectivity index (χ3v) is 5.19. The fourth-order valence-corrected chi connectivity index (χ4v) is 3.53. The second-order valence-corrected chi connectivity index (χ2v) is 7.82. The summed E-state index contributed by atoms with van der Waals surface area (Å²) in [5.41, 5.74) is 5.50. The summed E-state index contributed by atoms with van der Waals surface area (Å²) in [7, 11) is 0. The van der Waals surface area contributed by atoms with E-state index in [0.717, 1.165) is 6.92 Å². The van der Waals surface area contributed by atoms with Crippen molar-refractivity contribution < 1.29 is 39.0 Å². The van der Waals surface area contributed by atoms with Crippen molar-refractivity contribution in [2.75, 3.05) is 19.7 Å². The number of nitrogens with one attached hydrogen (secondary N) is 3. The molecule has 0 aromatic rings. The van der Waals surface area contributed by atoms with Crippen LogP contribution in [0.4, 0.5) is 0 Å². The van der Waals surface area contributed by atoms with Gasteiger partial charge in [-0.2, -0.15) is 0 Å². The Morgan fingerprint density at radius 1 is 1.06 bits per heavy atom. The first kappa shape index (κ1) is 28.0. The van der Waals surface area contributed by atoms with Crippen LogP contribution in [-0.2, 0) is 28.8 Å². The van der Waals surface area contributed by atoms with Crippen molar-refractivity contribution >= 4 is 35.9 Å². The Morgan fingerprint density at radius 2 is 1.70 bits per heavy atom. The summed E-state index contributed by atoms with van der Waals surface area (Å²) in [6.07, 6.45) is 2.33. The van der Waals surface area contributed by atoms with Crippen LogP contribution < -0.4 is 21.7 Å². The predicted molar refractivity (Wildman–Crippen MR) is 115 cm³/mol. The maximum Gasteiger partial charge on any atom is 0.305 e. The summed E-state index contributed by atoms with van der Waals surface area (Å²) in [4.78, 5) is 73.3. The number of hydrogen-bond acceptors (Lipinski definition) is 8. The van der Waals surface area contributed by atoms with Gasteiger partial charge in [-0.3, -0.25) is 24.0 Å². The second kappa shape index (κ2) is 14.2. The van der Waals surface area contributed by atoms with Crippen molar-refractivity contribution in [1.29, 1.82) is 0 Å². The number of carbonyl (C=O) groups excluding carboxylic acids is 5. The molecule has 1 aliphatic heterocycles. The van der Waals surface area contributed by atoms with Gasteiger partial charge in [0.25, 0.3) is 0 Å². The van der Waals surface area contributed by atoms with E-state index in [1.807, 2.05) is 0 Å². The Morgan fingerprint density at radius 3 is 2.24 bits per heavy atom. The maximum atomic E-state index is 13.0. The molecule has 1 rings (SSSR count). The SMILES string of the molecule is CC(=O)N[C@@H](CO)C(=O)N[C@@H](CC(=O)O)C(=O)N[C@@H](CCCCN)C(=O)N1CCC[C@H]1C=O. The number of nitrogens with two attached hydrogens (primary N) is 1. The Balaban J connectivity index is 2.99. The molecule has 33 heavy (non-hydrogen) atoms. The fourth-order valence-electron chi connectivity index (χ4n) is 3.53. The summed E-state index contributed by atoms with van der Waals surface area (Å²) in [5.74, 6) is -4.34. The highest BCUT2D eigenvalue weighted by atomic mass is 16.4. The number of likely N-dealkylation sites (tertiary alicyclic amines) is 1. The molecule has 0 spiro atoms. The van der Waals surface area contributed by atoms with Crippen molar-refractivity contribution in [3.63, 3.8) is 0 Å². The number of amides is 4. The van der Waals surface area contributed by atoms with E-state index in [1.54, 1.807) is 0 Å². The molecule has 1 heterocycles. The lowest BCUT2D eigenvalue weighted by molar-refractivity contribution is -0.142. The van der Waals surface area contributed by atoms with E-state index in [-0.39, 0.29) is 6.42 Å². The van der Waals surface area contributed by atoms with Crippen molar-refractivity contribution in [1.82, 2.24) is 20.9 Å². The van der Waals surface area contributed by atoms with Gasteiger partial charge < -0.3 is 41.6 Å². The molecular formula is C20H33N5O8. The van der Waals surface area contributed by atoms with Crippen molar-refractivity contribution in [2.24, 2.45) is 5.73 Å². The number of carbonyl (C=O) groups is 6. The van der Waals surface area contributed by atoms with E-state index >= 15 is 0 Å². The van der Waals surface area contributed by atoms with Gasteiger partial charge in [0.1, 0.15) is 24.4 Å². The molecule has 0 aromatic carbocycles. The molecule has 0 aliphatic carbocycles. The second-order valence-electron chi connectivity index (χ2n) is 7.82. The summed E-state index contributed by atoms with van der Waals surface area (Å²) in [6, 6.07) is -4.58. The number of rotatable bonds is 14. The van der Waals surface area contributed by atoms with Crippen LogP contribution in [0.2, 0.25) is 0 Å². The van der Waals surface area contributed by atoms with Gasteiger partial charge in [0, 0.05) is 13.5 Å². The maximum absolute atomic E-state index is 13.0. The number of unbranched alkanes of at least 4 members (excludes halogenated alkanes) is 1. The van der Waals surface area contributed by atoms with E-state index in [0.29, 0.717) is 45.1 Å². The van der Waals surface area contributed by atoms with Gasteiger partial charge in [0.2, 0.25) is 23.6 Å². The molecule has 0 radical (unpaired) electrons. The largest absolute Gasteiger partial charge is 0.481 e. The number of nitrogens with zero attached hydrogens (tertiary/aromatic N) is 1. The molecule has 1 fully saturated rings. The third-order valence-electron chi connectivity index (χ3n) is 5.19. The summed E-state index contributed by atoms with van der Waals surface area (Å²) in [5, 5.41) is 25.3. The predicted octanol–water partition coefficient (Wildman–Crippen LogP) is -2.75. The summed E-state index contributed by atoms with van der Waals surface area (Å²) in [6.45, 7) is 1.09.